The average molecular weight is 281 g/mol. The molecule has 0 radical (unpaired) electrons. The second kappa shape index (κ2) is 5.27. The molecule has 2 rings (SSSR count). The van der Waals surface area contributed by atoms with Crippen molar-refractivity contribution in [1.82, 2.24) is 5.16 Å². The Morgan fingerprint density at radius 3 is 2.81 bits per heavy atom. The van der Waals surface area contributed by atoms with E-state index in [-0.39, 0.29) is 0 Å². The standard InChI is InChI=1S/C12H13BrN2O/c13-11-5-2-1-4-9(11)10-8-15-16-12(10)6-3-7-14/h1-2,4-5,8H,3,6-7,14H2. The van der Waals surface area contributed by atoms with Gasteiger partial charge in [-0.15, -0.1) is 0 Å². The third-order valence-corrected chi connectivity index (χ3v) is 3.11. The molecule has 0 unspecified atom stereocenters. The van der Waals surface area contributed by atoms with Crippen molar-refractivity contribution in [3.63, 3.8) is 0 Å². The molecule has 16 heavy (non-hydrogen) atoms. The van der Waals surface area contributed by atoms with Gasteiger partial charge in [-0.05, 0) is 19.0 Å². The van der Waals surface area contributed by atoms with Crippen molar-refractivity contribution >= 4 is 15.9 Å². The molecule has 1 heterocycles. The van der Waals surface area contributed by atoms with Crippen LogP contribution in [-0.2, 0) is 6.42 Å². The fourth-order valence-corrected chi connectivity index (χ4v) is 2.10. The van der Waals surface area contributed by atoms with Crippen molar-refractivity contribution in [2.45, 2.75) is 12.8 Å². The van der Waals surface area contributed by atoms with Crippen LogP contribution in [0.1, 0.15) is 12.2 Å². The minimum atomic E-state index is 0.663. The van der Waals surface area contributed by atoms with Gasteiger partial charge in [-0.3, -0.25) is 0 Å². The molecule has 4 heteroatoms. The van der Waals surface area contributed by atoms with Crippen LogP contribution in [0.15, 0.2) is 39.5 Å². The second-order valence-corrected chi connectivity index (χ2v) is 4.39. The molecule has 0 saturated carbocycles. The van der Waals surface area contributed by atoms with E-state index in [1.165, 1.54) is 0 Å². The zero-order chi connectivity index (χ0) is 11.4. The first-order valence-electron chi connectivity index (χ1n) is 5.21. The number of nitrogens with two attached hydrogens (primary N) is 1. The van der Waals surface area contributed by atoms with Crippen LogP contribution in [0.3, 0.4) is 0 Å². The number of aromatic nitrogens is 1. The summed E-state index contributed by atoms with van der Waals surface area (Å²) in [6, 6.07) is 8.04. The Balaban J connectivity index is 2.33. The molecule has 0 amide bonds. The van der Waals surface area contributed by atoms with Gasteiger partial charge in [0.25, 0.3) is 0 Å². The summed E-state index contributed by atoms with van der Waals surface area (Å²) in [5.41, 5.74) is 7.64. The predicted molar refractivity (Wildman–Crippen MR) is 67.0 cm³/mol. The summed E-state index contributed by atoms with van der Waals surface area (Å²) in [6.07, 6.45) is 3.49. The van der Waals surface area contributed by atoms with Crippen molar-refractivity contribution in [1.29, 1.82) is 0 Å². The Hall–Kier alpha value is -1.13. The summed E-state index contributed by atoms with van der Waals surface area (Å²) in [5, 5.41) is 3.86. The highest BCUT2D eigenvalue weighted by atomic mass is 79.9. The smallest absolute Gasteiger partial charge is 0.144 e. The SMILES string of the molecule is NCCCc1oncc1-c1ccccc1Br. The van der Waals surface area contributed by atoms with E-state index in [0.717, 1.165) is 34.2 Å². The first kappa shape index (κ1) is 11.4. The lowest BCUT2D eigenvalue weighted by molar-refractivity contribution is 0.382. The number of hydrogen-bond donors (Lipinski definition) is 1. The van der Waals surface area contributed by atoms with Crippen molar-refractivity contribution < 1.29 is 4.52 Å². The van der Waals surface area contributed by atoms with Gasteiger partial charge < -0.3 is 10.3 Å². The summed E-state index contributed by atoms with van der Waals surface area (Å²) in [4.78, 5) is 0. The molecule has 0 aliphatic heterocycles. The summed E-state index contributed by atoms with van der Waals surface area (Å²) in [7, 11) is 0. The van der Waals surface area contributed by atoms with Gasteiger partial charge in [-0.1, -0.05) is 39.3 Å². The van der Waals surface area contributed by atoms with Gasteiger partial charge in [0, 0.05) is 22.0 Å². The summed E-state index contributed by atoms with van der Waals surface area (Å²) in [5.74, 6) is 0.900. The van der Waals surface area contributed by atoms with Crippen LogP contribution < -0.4 is 5.73 Å². The minimum absolute atomic E-state index is 0.663. The maximum Gasteiger partial charge on any atom is 0.144 e. The lowest BCUT2D eigenvalue weighted by Gasteiger charge is -2.03. The van der Waals surface area contributed by atoms with E-state index in [4.69, 9.17) is 10.3 Å². The molecule has 1 aromatic carbocycles. The van der Waals surface area contributed by atoms with Crippen LogP contribution in [0.2, 0.25) is 0 Å². The van der Waals surface area contributed by atoms with Crippen molar-refractivity contribution in [3.05, 3.63) is 40.7 Å². The lowest BCUT2D eigenvalue weighted by Crippen LogP contribution is -2.00. The Labute approximate surface area is 103 Å². The van der Waals surface area contributed by atoms with Crippen LogP contribution in [0, 0.1) is 0 Å². The normalized spacial score (nSPS) is 10.6. The second-order valence-electron chi connectivity index (χ2n) is 3.53. The van der Waals surface area contributed by atoms with E-state index in [2.05, 4.69) is 21.1 Å². The zero-order valence-electron chi connectivity index (χ0n) is 8.82. The molecule has 0 bridgehead atoms. The van der Waals surface area contributed by atoms with Gasteiger partial charge in [0.05, 0.1) is 6.20 Å². The Bertz CT molecular complexity index is 468. The van der Waals surface area contributed by atoms with E-state index in [1.807, 2.05) is 24.3 Å². The molecule has 2 N–H and O–H groups in total. The summed E-state index contributed by atoms with van der Waals surface area (Å²) in [6.45, 7) is 0.663. The highest BCUT2D eigenvalue weighted by Crippen LogP contribution is 2.30. The van der Waals surface area contributed by atoms with Gasteiger partial charge in [0.1, 0.15) is 5.76 Å². The molecular weight excluding hydrogens is 268 g/mol. The molecule has 0 aliphatic rings. The van der Waals surface area contributed by atoms with Crippen LogP contribution >= 0.6 is 15.9 Å². The maximum absolute atomic E-state index is 5.49. The zero-order valence-corrected chi connectivity index (χ0v) is 10.4. The number of nitrogens with zero attached hydrogens (tertiary/aromatic N) is 1. The monoisotopic (exact) mass is 280 g/mol. The highest BCUT2D eigenvalue weighted by molar-refractivity contribution is 9.10. The van der Waals surface area contributed by atoms with Gasteiger partial charge in [0.2, 0.25) is 0 Å². The number of rotatable bonds is 4. The molecule has 1 aromatic heterocycles. The third-order valence-electron chi connectivity index (χ3n) is 2.42. The van der Waals surface area contributed by atoms with Gasteiger partial charge in [0.15, 0.2) is 0 Å². The molecule has 2 aromatic rings. The van der Waals surface area contributed by atoms with Gasteiger partial charge in [-0.2, -0.15) is 0 Å². The van der Waals surface area contributed by atoms with E-state index in [0.29, 0.717) is 6.54 Å². The molecule has 0 saturated heterocycles. The van der Waals surface area contributed by atoms with Gasteiger partial charge >= 0.3 is 0 Å². The predicted octanol–water partition coefficient (Wildman–Crippen LogP) is 3.00. The molecule has 0 atom stereocenters. The molecule has 0 aliphatic carbocycles. The molecule has 0 fully saturated rings. The van der Waals surface area contributed by atoms with E-state index >= 15 is 0 Å². The van der Waals surface area contributed by atoms with E-state index < -0.39 is 0 Å². The average Bonchev–Trinajstić information content (AvgIpc) is 2.75. The number of benzene rings is 1. The fourth-order valence-electron chi connectivity index (χ4n) is 1.61. The molecular formula is C12H13BrN2O. The third kappa shape index (κ3) is 2.33. The highest BCUT2D eigenvalue weighted by Gasteiger charge is 2.11. The van der Waals surface area contributed by atoms with Crippen LogP contribution in [-0.4, -0.2) is 11.7 Å². The lowest BCUT2D eigenvalue weighted by atomic mass is 10.0. The first-order valence-corrected chi connectivity index (χ1v) is 6.00. The Kier molecular flexibility index (Phi) is 3.74. The minimum Gasteiger partial charge on any atom is -0.361 e. The van der Waals surface area contributed by atoms with Crippen molar-refractivity contribution in [2.75, 3.05) is 6.54 Å². The fraction of sp³-hybridized carbons (Fsp3) is 0.250. The van der Waals surface area contributed by atoms with Crippen LogP contribution in [0.5, 0.6) is 0 Å². The molecule has 84 valence electrons. The summed E-state index contributed by atoms with van der Waals surface area (Å²) < 4.78 is 6.30. The number of hydrogen-bond acceptors (Lipinski definition) is 3. The Morgan fingerprint density at radius 1 is 1.25 bits per heavy atom. The molecule has 3 nitrogen and oxygen atoms in total. The van der Waals surface area contributed by atoms with E-state index in [9.17, 15) is 0 Å². The van der Waals surface area contributed by atoms with Crippen LogP contribution in [0.25, 0.3) is 11.1 Å². The van der Waals surface area contributed by atoms with Crippen molar-refractivity contribution in [2.24, 2.45) is 5.73 Å². The number of halogens is 1. The summed E-state index contributed by atoms with van der Waals surface area (Å²) >= 11 is 3.53. The topological polar surface area (TPSA) is 52.0 Å². The quantitative estimate of drug-likeness (QED) is 0.937. The van der Waals surface area contributed by atoms with Crippen molar-refractivity contribution in [3.8, 4) is 11.1 Å². The number of aryl methyl sites for hydroxylation is 1. The molecule has 0 spiro atoms. The maximum atomic E-state index is 5.49. The largest absolute Gasteiger partial charge is 0.361 e. The van der Waals surface area contributed by atoms with Crippen LogP contribution in [0.4, 0.5) is 0 Å². The van der Waals surface area contributed by atoms with E-state index in [1.54, 1.807) is 6.20 Å². The Morgan fingerprint density at radius 2 is 2.06 bits per heavy atom. The van der Waals surface area contributed by atoms with Gasteiger partial charge in [-0.25, -0.2) is 0 Å². The first-order chi connectivity index (χ1) is 7.83.